The highest BCUT2D eigenvalue weighted by Crippen LogP contribution is 2.20. The van der Waals surface area contributed by atoms with Crippen molar-refractivity contribution < 1.29 is 9.90 Å². The molecule has 130 valence electrons. The Balaban J connectivity index is 1.67. The molecule has 1 amide bonds. The van der Waals surface area contributed by atoms with Crippen LogP contribution in [0.15, 0.2) is 48.5 Å². The minimum Gasteiger partial charge on any atom is -0.387 e. The lowest BCUT2D eigenvalue weighted by Crippen LogP contribution is -2.28. The lowest BCUT2D eigenvalue weighted by molar-refractivity contribution is 0.0910. The summed E-state index contributed by atoms with van der Waals surface area (Å²) in [5.41, 5.74) is 2.15. The van der Waals surface area contributed by atoms with E-state index in [2.05, 4.69) is 24.3 Å². The van der Waals surface area contributed by atoms with Gasteiger partial charge in [0.15, 0.2) is 0 Å². The van der Waals surface area contributed by atoms with Gasteiger partial charge in [-0.3, -0.25) is 9.48 Å². The van der Waals surface area contributed by atoms with Crippen molar-refractivity contribution in [2.45, 2.75) is 25.9 Å². The standard InChI is InChI=1S/C20H23N3O2/c1-13(2)18-11-17(22-23(18)3)20(25)21-12-19(24)16-9-8-14-6-4-5-7-15(14)10-16/h4-11,13,19,24H,12H2,1-3H3,(H,21,25). The fourth-order valence-electron chi connectivity index (χ4n) is 2.95. The van der Waals surface area contributed by atoms with Crippen LogP contribution in [-0.2, 0) is 7.05 Å². The molecule has 0 bridgehead atoms. The maximum atomic E-state index is 12.3. The van der Waals surface area contributed by atoms with Gasteiger partial charge in [0, 0.05) is 19.3 Å². The third-order valence-corrected chi connectivity index (χ3v) is 4.35. The number of carbonyl (C=O) groups excluding carboxylic acids is 1. The monoisotopic (exact) mass is 337 g/mol. The summed E-state index contributed by atoms with van der Waals surface area (Å²) >= 11 is 0. The number of hydrogen-bond donors (Lipinski definition) is 2. The molecule has 3 aromatic rings. The van der Waals surface area contributed by atoms with Gasteiger partial charge in [0.1, 0.15) is 5.69 Å². The molecular weight excluding hydrogens is 314 g/mol. The van der Waals surface area contributed by atoms with Gasteiger partial charge in [-0.1, -0.05) is 50.2 Å². The number of aliphatic hydroxyl groups is 1. The lowest BCUT2D eigenvalue weighted by Gasteiger charge is -2.12. The average molecular weight is 337 g/mol. The minimum absolute atomic E-state index is 0.144. The number of nitrogens with zero attached hydrogens (tertiary/aromatic N) is 2. The summed E-state index contributed by atoms with van der Waals surface area (Å²) in [6.45, 7) is 4.26. The second-order valence-corrected chi connectivity index (χ2v) is 6.57. The SMILES string of the molecule is CC(C)c1cc(C(=O)NCC(O)c2ccc3ccccc3c2)nn1C. The number of carbonyl (C=O) groups is 1. The zero-order chi connectivity index (χ0) is 18.0. The van der Waals surface area contributed by atoms with Crippen LogP contribution in [0.25, 0.3) is 10.8 Å². The van der Waals surface area contributed by atoms with Gasteiger partial charge in [-0.15, -0.1) is 0 Å². The number of amides is 1. The number of aromatic nitrogens is 2. The summed E-state index contributed by atoms with van der Waals surface area (Å²) in [6, 6.07) is 15.6. The van der Waals surface area contributed by atoms with E-state index in [1.807, 2.05) is 49.5 Å². The number of benzene rings is 2. The summed E-state index contributed by atoms with van der Waals surface area (Å²) in [6.07, 6.45) is -0.762. The number of fused-ring (bicyclic) bond motifs is 1. The zero-order valence-corrected chi connectivity index (χ0v) is 14.7. The van der Waals surface area contributed by atoms with Gasteiger partial charge < -0.3 is 10.4 Å². The van der Waals surface area contributed by atoms with Gasteiger partial charge in [-0.05, 0) is 34.4 Å². The van der Waals surface area contributed by atoms with Crippen LogP contribution in [0.2, 0.25) is 0 Å². The van der Waals surface area contributed by atoms with Crippen molar-refractivity contribution in [3.63, 3.8) is 0 Å². The number of hydrogen-bond acceptors (Lipinski definition) is 3. The first-order valence-electron chi connectivity index (χ1n) is 8.44. The van der Waals surface area contributed by atoms with E-state index < -0.39 is 6.10 Å². The number of rotatable bonds is 5. The first kappa shape index (κ1) is 17.2. The second-order valence-electron chi connectivity index (χ2n) is 6.57. The first-order valence-corrected chi connectivity index (χ1v) is 8.44. The van der Waals surface area contributed by atoms with Gasteiger partial charge in [-0.2, -0.15) is 5.10 Å². The third kappa shape index (κ3) is 3.72. The van der Waals surface area contributed by atoms with E-state index in [9.17, 15) is 9.90 Å². The van der Waals surface area contributed by atoms with Crippen molar-refractivity contribution in [1.82, 2.24) is 15.1 Å². The van der Waals surface area contributed by atoms with Crippen LogP contribution in [0, 0.1) is 0 Å². The normalized spacial score (nSPS) is 12.5. The average Bonchev–Trinajstić information content (AvgIpc) is 3.01. The van der Waals surface area contributed by atoms with Crippen molar-refractivity contribution in [1.29, 1.82) is 0 Å². The summed E-state index contributed by atoms with van der Waals surface area (Å²) in [5, 5.41) is 19.6. The molecule has 1 aromatic heterocycles. The number of aryl methyl sites for hydroxylation is 1. The van der Waals surface area contributed by atoms with Crippen molar-refractivity contribution in [2.75, 3.05) is 6.54 Å². The molecule has 1 unspecified atom stereocenters. The van der Waals surface area contributed by atoms with Gasteiger partial charge in [-0.25, -0.2) is 0 Å². The fourth-order valence-corrected chi connectivity index (χ4v) is 2.95. The van der Waals surface area contributed by atoms with E-state index in [0.717, 1.165) is 22.0 Å². The lowest BCUT2D eigenvalue weighted by atomic mass is 10.0. The maximum absolute atomic E-state index is 12.3. The van der Waals surface area contributed by atoms with Crippen molar-refractivity contribution in [2.24, 2.45) is 7.05 Å². The van der Waals surface area contributed by atoms with Crippen LogP contribution in [0.5, 0.6) is 0 Å². The molecule has 1 atom stereocenters. The molecule has 0 fully saturated rings. The Morgan fingerprint density at radius 3 is 2.56 bits per heavy atom. The number of nitrogens with one attached hydrogen (secondary N) is 1. The Labute approximate surface area is 147 Å². The van der Waals surface area contributed by atoms with Crippen molar-refractivity contribution in [3.05, 3.63) is 65.5 Å². The number of aliphatic hydroxyl groups excluding tert-OH is 1. The van der Waals surface area contributed by atoms with E-state index >= 15 is 0 Å². The Morgan fingerprint density at radius 2 is 1.88 bits per heavy atom. The van der Waals surface area contributed by atoms with E-state index in [0.29, 0.717) is 11.6 Å². The van der Waals surface area contributed by atoms with Crippen molar-refractivity contribution >= 4 is 16.7 Å². The predicted octanol–water partition coefficient (Wildman–Crippen LogP) is 3.16. The van der Waals surface area contributed by atoms with Gasteiger partial charge in [0.25, 0.3) is 5.91 Å². The zero-order valence-electron chi connectivity index (χ0n) is 14.7. The molecule has 2 N–H and O–H groups in total. The van der Waals surface area contributed by atoms with Gasteiger partial charge in [0.2, 0.25) is 0 Å². The quantitative estimate of drug-likeness (QED) is 0.751. The molecule has 5 nitrogen and oxygen atoms in total. The first-order chi connectivity index (χ1) is 12.0. The highest BCUT2D eigenvalue weighted by atomic mass is 16.3. The summed E-state index contributed by atoms with van der Waals surface area (Å²) < 4.78 is 1.72. The molecule has 0 aliphatic heterocycles. The van der Waals surface area contributed by atoms with Crippen LogP contribution >= 0.6 is 0 Å². The molecule has 5 heteroatoms. The molecule has 0 saturated heterocycles. The van der Waals surface area contributed by atoms with Crippen molar-refractivity contribution in [3.8, 4) is 0 Å². The molecular formula is C20H23N3O2. The van der Waals surface area contributed by atoms with Crippen LogP contribution in [0.1, 0.15) is 47.6 Å². The summed E-state index contributed by atoms with van der Waals surface area (Å²) in [5.74, 6) is 0.0181. The molecule has 0 saturated carbocycles. The Hall–Kier alpha value is -2.66. The minimum atomic E-state index is -0.762. The van der Waals surface area contributed by atoms with Crippen LogP contribution in [-0.4, -0.2) is 27.3 Å². The van der Waals surface area contributed by atoms with E-state index in [1.54, 1.807) is 10.7 Å². The van der Waals surface area contributed by atoms with Gasteiger partial charge >= 0.3 is 0 Å². The molecule has 0 aliphatic rings. The predicted molar refractivity (Wildman–Crippen MR) is 98.5 cm³/mol. The molecule has 0 radical (unpaired) electrons. The third-order valence-electron chi connectivity index (χ3n) is 4.35. The molecule has 3 rings (SSSR count). The van der Waals surface area contributed by atoms with E-state index in [-0.39, 0.29) is 12.5 Å². The van der Waals surface area contributed by atoms with Crippen LogP contribution in [0.3, 0.4) is 0 Å². The molecule has 1 heterocycles. The summed E-state index contributed by atoms with van der Waals surface area (Å²) in [4.78, 5) is 12.3. The van der Waals surface area contributed by atoms with Crippen LogP contribution in [0.4, 0.5) is 0 Å². The largest absolute Gasteiger partial charge is 0.387 e. The van der Waals surface area contributed by atoms with Gasteiger partial charge in [0.05, 0.1) is 6.10 Å². The van der Waals surface area contributed by atoms with E-state index in [1.165, 1.54) is 0 Å². The molecule has 0 spiro atoms. The molecule has 2 aromatic carbocycles. The highest BCUT2D eigenvalue weighted by molar-refractivity contribution is 5.92. The molecule has 25 heavy (non-hydrogen) atoms. The topological polar surface area (TPSA) is 67.2 Å². The highest BCUT2D eigenvalue weighted by Gasteiger charge is 2.16. The second kappa shape index (κ2) is 7.07. The smallest absolute Gasteiger partial charge is 0.271 e. The Kier molecular flexibility index (Phi) is 4.86. The van der Waals surface area contributed by atoms with E-state index in [4.69, 9.17) is 0 Å². The molecule has 0 aliphatic carbocycles. The fraction of sp³-hybridized carbons (Fsp3) is 0.300. The summed E-state index contributed by atoms with van der Waals surface area (Å²) in [7, 11) is 1.83. The Bertz CT molecular complexity index is 899. The van der Waals surface area contributed by atoms with Crippen LogP contribution < -0.4 is 5.32 Å². The Morgan fingerprint density at radius 1 is 1.16 bits per heavy atom. The maximum Gasteiger partial charge on any atom is 0.271 e.